The van der Waals surface area contributed by atoms with Crippen LogP contribution in [-0.4, -0.2) is 34.4 Å². The monoisotopic (exact) mass is 493 g/mol. The van der Waals surface area contributed by atoms with Gasteiger partial charge in [-0.15, -0.1) is 11.8 Å². The minimum Gasteiger partial charge on any atom is -0.495 e. The summed E-state index contributed by atoms with van der Waals surface area (Å²) >= 11 is 1.22. The van der Waals surface area contributed by atoms with Crippen LogP contribution in [0.3, 0.4) is 0 Å². The van der Waals surface area contributed by atoms with Crippen molar-refractivity contribution < 1.29 is 22.7 Å². The summed E-state index contributed by atoms with van der Waals surface area (Å²) in [6.07, 6.45) is 0. The number of sulfonamides is 1. The summed E-state index contributed by atoms with van der Waals surface area (Å²) in [6.45, 7) is 0. The van der Waals surface area contributed by atoms with Crippen LogP contribution in [0.2, 0.25) is 0 Å². The maximum absolute atomic E-state index is 13.6. The molecule has 1 N–H and O–H groups in total. The van der Waals surface area contributed by atoms with E-state index in [1.54, 1.807) is 31.4 Å². The van der Waals surface area contributed by atoms with E-state index in [2.05, 4.69) is 4.72 Å². The summed E-state index contributed by atoms with van der Waals surface area (Å²) in [7, 11) is -1.08. The first-order valence-corrected chi connectivity index (χ1v) is 12.9. The van der Waals surface area contributed by atoms with Crippen molar-refractivity contribution >= 4 is 44.2 Å². The zero-order valence-electron chi connectivity index (χ0n) is 18.6. The number of rotatable bonds is 8. The van der Waals surface area contributed by atoms with E-state index in [1.807, 2.05) is 60.7 Å². The van der Waals surface area contributed by atoms with Gasteiger partial charge in [-0.05, 0) is 17.7 Å². The normalized spacial score (nSPS) is 11.2. The van der Waals surface area contributed by atoms with E-state index in [4.69, 9.17) is 9.47 Å². The Morgan fingerprint density at radius 1 is 0.882 bits per heavy atom. The van der Waals surface area contributed by atoms with Gasteiger partial charge in [0.25, 0.3) is 10.0 Å². The van der Waals surface area contributed by atoms with Crippen LogP contribution in [0.15, 0.2) is 94.7 Å². The van der Waals surface area contributed by atoms with Crippen LogP contribution in [0.1, 0.15) is 0 Å². The molecular formula is C26H23NO5S2. The van der Waals surface area contributed by atoms with Gasteiger partial charge in [-0.2, -0.15) is 0 Å². The SMILES string of the molecule is COC(=O)CSc1cc(NS(=O)(=O)c2ccccc2-c2ccccc2)c2ccccc2c1OC. The Labute approximate surface area is 203 Å². The van der Waals surface area contributed by atoms with Gasteiger partial charge < -0.3 is 9.47 Å². The molecule has 0 aliphatic heterocycles. The second kappa shape index (κ2) is 10.2. The molecule has 0 aliphatic rings. The topological polar surface area (TPSA) is 81.7 Å². The zero-order chi connectivity index (χ0) is 24.1. The van der Waals surface area contributed by atoms with Gasteiger partial charge in [0.15, 0.2) is 0 Å². The molecule has 0 saturated heterocycles. The molecule has 0 amide bonds. The molecule has 4 rings (SSSR count). The van der Waals surface area contributed by atoms with Crippen LogP contribution in [0.4, 0.5) is 5.69 Å². The van der Waals surface area contributed by atoms with Crippen LogP contribution >= 0.6 is 11.8 Å². The molecule has 0 bridgehead atoms. The number of hydrogen-bond donors (Lipinski definition) is 1. The van der Waals surface area contributed by atoms with E-state index in [1.165, 1.54) is 18.9 Å². The lowest BCUT2D eigenvalue weighted by atomic mass is 10.1. The number of hydrogen-bond acceptors (Lipinski definition) is 6. The maximum Gasteiger partial charge on any atom is 0.315 e. The summed E-state index contributed by atoms with van der Waals surface area (Å²) in [6, 6.07) is 25.3. The average molecular weight is 494 g/mol. The fourth-order valence-electron chi connectivity index (χ4n) is 3.68. The van der Waals surface area contributed by atoms with E-state index in [9.17, 15) is 13.2 Å². The highest BCUT2D eigenvalue weighted by molar-refractivity contribution is 8.00. The minimum absolute atomic E-state index is 0.0637. The van der Waals surface area contributed by atoms with Crippen molar-refractivity contribution in [3.63, 3.8) is 0 Å². The smallest absolute Gasteiger partial charge is 0.315 e. The number of benzene rings is 4. The number of methoxy groups -OCH3 is 2. The summed E-state index contributed by atoms with van der Waals surface area (Å²) < 4.78 is 40.3. The van der Waals surface area contributed by atoms with Crippen LogP contribution in [0.5, 0.6) is 5.75 Å². The maximum atomic E-state index is 13.6. The number of esters is 1. The van der Waals surface area contributed by atoms with Gasteiger partial charge in [0, 0.05) is 16.3 Å². The molecule has 0 aromatic heterocycles. The summed E-state index contributed by atoms with van der Waals surface area (Å²) in [5.74, 6) is 0.241. The highest BCUT2D eigenvalue weighted by Gasteiger charge is 2.22. The van der Waals surface area contributed by atoms with Crippen LogP contribution < -0.4 is 9.46 Å². The standard InChI is InChI=1S/C26H23NO5S2/c1-31-25(28)17-33-23-16-22(20-13-6-7-14-21(20)26(23)32-2)27-34(29,30)24-15-9-8-12-19(24)18-10-4-3-5-11-18/h3-16,27H,17H2,1-2H3. The Kier molecular flexibility index (Phi) is 7.09. The molecule has 0 spiro atoms. The molecular weight excluding hydrogens is 470 g/mol. The number of nitrogens with one attached hydrogen (secondary N) is 1. The number of thioether (sulfide) groups is 1. The largest absolute Gasteiger partial charge is 0.495 e. The van der Waals surface area contributed by atoms with Crippen LogP contribution in [0.25, 0.3) is 21.9 Å². The number of anilines is 1. The minimum atomic E-state index is -3.95. The zero-order valence-corrected chi connectivity index (χ0v) is 20.3. The van der Waals surface area contributed by atoms with Crippen LogP contribution in [-0.2, 0) is 19.6 Å². The van der Waals surface area contributed by atoms with E-state index in [-0.39, 0.29) is 16.6 Å². The third kappa shape index (κ3) is 4.88. The van der Waals surface area contributed by atoms with E-state index < -0.39 is 10.0 Å². The number of ether oxygens (including phenoxy) is 2. The lowest BCUT2D eigenvalue weighted by Gasteiger charge is -2.17. The average Bonchev–Trinajstić information content (AvgIpc) is 2.87. The van der Waals surface area contributed by atoms with Gasteiger partial charge in [-0.25, -0.2) is 8.42 Å². The van der Waals surface area contributed by atoms with Crippen molar-refractivity contribution in [3.8, 4) is 16.9 Å². The molecule has 6 nitrogen and oxygen atoms in total. The Morgan fingerprint density at radius 3 is 2.24 bits per heavy atom. The van der Waals surface area contributed by atoms with E-state index >= 15 is 0 Å². The Morgan fingerprint density at radius 2 is 1.53 bits per heavy atom. The molecule has 34 heavy (non-hydrogen) atoms. The molecule has 0 unspecified atom stereocenters. The highest BCUT2D eigenvalue weighted by Crippen LogP contribution is 2.41. The lowest BCUT2D eigenvalue weighted by Crippen LogP contribution is -2.14. The van der Waals surface area contributed by atoms with Gasteiger partial charge in [0.05, 0.1) is 35.5 Å². The van der Waals surface area contributed by atoms with Gasteiger partial charge >= 0.3 is 5.97 Å². The predicted molar refractivity (Wildman–Crippen MR) is 136 cm³/mol. The van der Waals surface area contributed by atoms with Crippen molar-refractivity contribution in [1.29, 1.82) is 0 Å². The fourth-order valence-corrected chi connectivity index (χ4v) is 5.90. The molecule has 0 radical (unpaired) electrons. The molecule has 4 aromatic carbocycles. The quantitative estimate of drug-likeness (QED) is 0.255. The fraction of sp³-hybridized carbons (Fsp3) is 0.115. The molecule has 0 aliphatic carbocycles. The number of carbonyl (C=O) groups is 1. The van der Waals surface area contributed by atoms with E-state index in [0.717, 1.165) is 10.9 Å². The Balaban J connectivity index is 1.81. The molecule has 174 valence electrons. The molecule has 0 saturated carbocycles. The second-order valence-corrected chi connectivity index (χ2v) is 10.0. The highest BCUT2D eigenvalue weighted by atomic mass is 32.2. The first-order valence-electron chi connectivity index (χ1n) is 10.4. The summed E-state index contributed by atoms with van der Waals surface area (Å²) in [5, 5.41) is 1.41. The summed E-state index contributed by atoms with van der Waals surface area (Å²) in [5.41, 5.74) is 1.80. The Bertz CT molecular complexity index is 1440. The molecule has 4 aromatic rings. The van der Waals surface area contributed by atoms with Gasteiger partial charge in [0.2, 0.25) is 0 Å². The molecule has 8 heteroatoms. The first-order chi connectivity index (χ1) is 16.4. The van der Waals surface area contributed by atoms with Gasteiger partial charge in [-0.3, -0.25) is 9.52 Å². The van der Waals surface area contributed by atoms with Crippen molar-refractivity contribution in [2.75, 3.05) is 24.7 Å². The van der Waals surface area contributed by atoms with Crippen molar-refractivity contribution in [2.24, 2.45) is 0 Å². The molecule has 0 atom stereocenters. The van der Waals surface area contributed by atoms with E-state index in [0.29, 0.717) is 27.3 Å². The first kappa shape index (κ1) is 23.7. The van der Waals surface area contributed by atoms with Crippen molar-refractivity contribution in [3.05, 3.63) is 84.9 Å². The lowest BCUT2D eigenvalue weighted by molar-refractivity contribution is -0.137. The van der Waals surface area contributed by atoms with Gasteiger partial charge in [-0.1, -0.05) is 72.8 Å². The second-order valence-electron chi connectivity index (χ2n) is 7.33. The number of fused-ring (bicyclic) bond motifs is 1. The predicted octanol–water partition coefficient (Wildman–Crippen LogP) is 5.58. The number of carbonyl (C=O) groups excluding carboxylic acids is 1. The third-order valence-corrected chi connectivity index (χ3v) is 7.66. The van der Waals surface area contributed by atoms with Crippen molar-refractivity contribution in [2.45, 2.75) is 9.79 Å². The molecule has 0 heterocycles. The molecule has 0 fully saturated rings. The van der Waals surface area contributed by atoms with Crippen LogP contribution in [0, 0.1) is 0 Å². The van der Waals surface area contributed by atoms with Crippen molar-refractivity contribution in [1.82, 2.24) is 0 Å². The summed E-state index contributed by atoms with van der Waals surface area (Å²) in [4.78, 5) is 12.5. The van der Waals surface area contributed by atoms with Gasteiger partial charge in [0.1, 0.15) is 5.75 Å². The Hall–Kier alpha value is -3.49. The third-order valence-electron chi connectivity index (χ3n) is 5.24.